The Labute approximate surface area is 140 Å². The first kappa shape index (κ1) is 16.3. The zero-order chi connectivity index (χ0) is 15.4. The van der Waals surface area contributed by atoms with Crippen molar-refractivity contribution in [2.75, 3.05) is 11.1 Å². The fourth-order valence-corrected chi connectivity index (χ4v) is 3.01. The molecule has 0 saturated heterocycles. The van der Waals surface area contributed by atoms with Gasteiger partial charge in [0, 0.05) is 16.7 Å². The average molecular weight is 390 g/mol. The van der Waals surface area contributed by atoms with Crippen LogP contribution in [0.3, 0.4) is 0 Å². The SMILES string of the molecule is CCn1c(C)nnc1SCC(=O)Nc1ccc(Br)c(Cl)c1. The van der Waals surface area contributed by atoms with Gasteiger partial charge in [0.2, 0.25) is 5.91 Å². The van der Waals surface area contributed by atoms with Gasteiger partial charge in [-0.25, -0.2) is 0 Å². The molecule has 0 spiro atoms. The molecule has 112 valence electrons. The Hall–Kier alpha value is -1.05. The molecule has 2 rings (SSSR count). The quantitative estimate of drug-likeness (QED) is 0.791. The summed E-state index contributed by atoms with van der Waals surface area (Å²) in [4.78, 5) is 11.9. The molecule has 1 aromatic heterocycles. The highest BCUT2D eigenvalue weighted by molar-refractivity contribution is 9.10. The summed E-state index contributed by atoms with van der Waals surface area (Å²) in [7, 11) is 0. The van der Waals surface area contributed by atoms with Crippen LogP contribution in [0.25, 0.3) is 0 Å². The Morgan fingerprint density at radius 3 is 2.90 bits per heavy atom. The summed E-state index contributed by atoms with van der Waals surface area (Å²) in [6.07, 6.45) is 0. The molecule has 0 aliphatic heterocycles. The standard InChI is InChI=1S/C13H14BrClN4OS/c1-3-19-8(2)17-18-13(19)21-7-12(20)16-9-4-5-10(14)11(15)6-9/h4-6H,3,7H2,1-2H3,(H,16,20). The lowest BCUT2D eigenvalue weighted by molar-refractivity contribution is -0.113. The normalized spacial score (nSPS) is 10.7. The first-order chi connectivity index (χ1) is 10.0. The number of rotatable bonds is 5. The number of aryl methyl sites for hydroxylation is 1. The lowest BCUT2D eigenvalue weighted by atomic mass is 10.3. The molecule has 2 aromatic rings. The Morgan fingerprint density at radius 1 is 1.48 bits per heavy atom. The lowest BCUT2D eigenvalue weighted by Crippen LogP contribution is -2.14. The van der Waals surface area contributed by atoms with Crippen LogP contribution in [0.5, 0.6) is 0 Å². The maximum Gasteiger partial charge on any atom is 0.234 e. The van der Waals surface area contributed by atoms with Crippen LogP contribution in [-0.2, 0) is 11.3 Å². The largest absolute Gasteiger partial charge is 0.325 e. The molecule has 0 aliphatic carbocycles. The van der Waals surface area contributed by atoms with Crippen molar-refractivity contribution in [1.82, 2.24) is 14.8 Å². The van der Waals surface area contributed by atoms with Crippen LogP contribution >= 0.6 is 39.3 Å². The predicted octanol–water partition coefficient (Wildman–Crippen LogP) is 3.75. The Morgan fingerprint density at radius 2 is 2.24 bits per heavy atom. The number of carbonyl (C=O) groups excluding carboxylic acids is 1. The number of nitrogens with one attached hydrogen (secondary N) is 1. The third-order valence-corrected chi connectivity index (χ3v) is 4.95. The molecule has 1 heterocycles. The minimum Gasteiger partial charge on any atom is -0.325 e. The van der Waals surface area contributed by atoms with Crippen molar-refractivity contribution in [2.24, 2.45) is 0 Å². The Kier molecular flexibility index (Phi) is 5.66. The third kappa shape index (κ3) is 4.21. The van der Waals surface area contributed by atoms with Gasteiger partial charge in [-0.2, -0.15) is 0 Å². The van der Waals surface area contributed by atoms with Crippen molar-refractivity contribution in [3.8, 4) is 0 Å². The average Bonchev–Trinajstić information content (AvgIpc) is 2.81. The van der Waals surface area contributed by atoms with Crippen molar-refractivity contribution in [3.05, 3.63) is 33.5 Å². The van der Waals surface area contributed by atoms with Gasteiger partial charge in [-0.1, -0.05) is 23.4 Å². The Balaban J connectivity index is 1.94. The van der Waals surface area contributed by atoms with E-state index in [9.17, 15) is 4.79 Å². The van der Waals surface area contributed by atoms with Gasteiger partial charge in [0.1, 0.15) is 5.82 Å². The molecular weight excluding hydrogens is 376 g/mol. The maximum atomic E-state index is 11.9. The van der Waals surface area contributed by atoms with Crippen LogP contribution < -0.4 is 5.32 Å². The van der Waals surface area contributed by atoms with Crippen molar-refractivity contribution in [2.45, 2.75) is 25.5 Å². The monoisotopic (exact) mass is 388 g/mol. The van der Waals surface area contributed by atoms with E-state index in [4.69, 9.17) is 11.6 Å². The maximum absolute atomic E-state index is 11.9. The highest BCUT2D eigenvalue weighted by Gasteiger charge is 2.11. The number of benzene rings is 1. The number of hydrogen-bond acceptors (Lipinski definition) is 4. The van der Waals surface area contributed by atoms with Crippen molar-refractivity contribution < 1.29 is 4.79 Å². The first-order valence-electron chi connectivity index (χ1n) is 6.28. The molecule has 1 N–H and O–H groups in total. The lowest BCUT2D eigenvalue weighted by Gasteiger charge is -2.07. The van der Waals surface area contributed by atoms with Gasteiger partial charge in [-0.3, -0.25) is 4.79 Å². The van der Waals surface area contributed by atoms with E-state index in [-0.39, 0.29) is 11.7 Å². The third-order valence-electron chi connectivity index (χ3n) is 2.75. The van der Waals surface area contributed by atoms with E-state index in [1.165, 1.54) is 11.8 Å². The summed E-state index contributed by atoms with van der Waals surface area (Å²) in [6.45, 7) is 4.69. The van der Waals surface area contributed by atoms with E-state index in [1.807, 2.05) is 18.4 Å². The van der Waals surface area contributed by atoms with Gasteiger partial charge in [0.25, 0.3) is 0 Å². The van der Waals surface area contributed by atoms with Gasteiger partial charge < -0.3 is 9.88 Å². The molecular formula is C13H14BrClN4OS. The smallest absolute Gasteiger partial charge is 0.234 e. The first-order valence-corrected chi connectivity index (χ1v) is 8.44. The van der Waals surface area contributed by atoms with Crippen LogP contribution in [0.4, 0.5) is 5.69 Å². The highest BCUT2D eigenvalue weighted by atomic mass is 79.9. The molecule has 0 aliphatic rings. The molecule has 0 saturated carbocycles. The van der Waals surface area contributed by atoms with E-state index >= 15 is 0 Å². The summed E-state index contributed by atoms with van der Waals surface area (Å²) in [6, 6.07) is 5.28. The van der Waals surface area contributed by atoms with Crippen LogP contribution in [0.1, 0.15) is 12.7 Å². The van der Waals surface area contributed by atoms with Crippen LogP contribution in [0.15, 0.2) is 27.8 Å². The molecule has 1 amide bonds. The second kappa shape index (κ2) is 7.29. The minimum atomic E-state index is -0.110. The molecule has 5 nitrogen and oxygen atoms in total. The number of carbonyl (C=O) groups is 1. The second-order valence-corrected chi connectivity index (χ2v) is 6.44. The number of anilines is 1. The predicted molar refractivity (Wildman–Crippen MR) is 88.9 cm³/mol. The molecule has 0 atom stereocenters. The summed E-state index contributed by atoms with van der Waals surface area (Å²) < 4.78 is 2.76. The minimum absolute atomic E-state index is 0.110. The van der Waals surface area contributed by atoms with E-state index in [1.54, 1.807) is 18.2 Å². The number of nitrogens with zero attached hydrogens (tertiary/aromatic N) is 3. The van der Waals surface area contributed by atoms with E-state index < -0.39 is 0 Å². The van der Waals surface area contributed by atoms with Gasteiger partial charge in [0.15, 0.2) is 5.16 Å². The van der Waals surface area contributed by atoms with Crippen LogP contribution in [-0.4, -0.2) is 26.4 Å². The van der Waals surface area contributed by atoms with E-state index in [2.05, 4.69) is 31.4 Å². The van der Waals surface area contributed by atoms with E-state index in [0.717, 1.165) is 22.0 Å². The summed E-state index contributed by atoms with van der Waals surface area (Å²) in [5.41, 5.74) is 0.668. The molecule has 0 bridgehead atoms. The topological polar surface area (TPSA) is 59.8 Å². The number of hydrogen-bond donors (Lipinski definition) is 1. The van der Waals surface area contributed by atoms with Gasteiger partial charge >= 0.3 is 0 Å². The molecule has 8 heteroatoms. The number of halogens is 2. The molecule has 0 unspecified atom stereocenters. The molecule has 21 heavy (non-hydrogen) atoms. The summed E-state index contributed by atoms with van der Waals surface area (Å²) in [5.74, 6) is 1.01. The zero-order valence-electron chi connectivity index (χ0n) is 11.6. The van der Waals surface area contributed by atoms with Crippen molar-refractivity contribution in [1.29, 1.82) is 0 Å². The van der Waals surface area contributed by atoms with Gasteiger partial charge in [-0.15, -0.1) is 10.2 Å². The molecule has 1 aromatic carbocycles. The number of amides is 1. The highest BCUT2D eigenvalue weighted by Crippen LogP contribution is 2.25. The zero-order valence-corrected chi connectivity index (χ0v) is 14.7. The van der Waals surface area contributed by atoms with Crippen molar-refractivity contribution in [3.63, 3.8) is 0 Å². The second-order valence-electron chi connectivity index (χ2n) is 4.24. The molecule has 0 radical (unpaired) electrons. The fraction of sp³-hybridized carbons (Fsp3) is 0.308. The molecule has 0 fully saturated rings. The summed E-state index contributed by atoms with van der Waals surface area (Å²) >= 11 is 10.7. The van der Waals surface area contributed by atoms with E-state index in [0.29, 0.717) is 10.7 Å². The van der Waals surface area contributed by atoms with Crippen molar-refractivity contribution >= 4 is 50.9 Å². The van der Waals surface area contributed by atoms with Crippen LogP contribution in [0, 0.1) is 6.92 Å². The fourth-order valence-electron chi connectivity index (χ4n) is 1.73. The van der Waals surface area contributed by atoms with Gasteiger partial charge in [0.05, 0.1) is 10.8 Å². The number of aromatic nitrogens is 3. The van der Waals surface area contributed by atoms with Crippen LogP contribution in [0.2, 0.25) is 5.02 Å². The Bertz CT molecular complexity index is 662. The number of thioether (sulfide) groups is 1. The van der Waals surface area contributed by atoms with Gasteiger partial charge in [-0.05, 0) is 48.0 Å². The summed E-state index contributed by atoms with van der Waals surface area (Å²) in [5, 5.41) is 12.2.